The van der Waals surface area contributed by atoms with Gasteiger partial charge in [-0.3, -0.25) is 4.79 Å². The molecule has 4 rings (SSSR count). The van der Waals surface area contributed by atoms with E-state index in [9.17, 15) is 9.59 Å². The smallest absolute Gasteiger partial charge is 0.337 e. The van der Waals surface area contributed by atoms with Crippen molar-refractivity contribution in [2.24, 2.45) is 5.92 Å². The van der Waals surface area contributed by atoms with Crippen molar-refractivity contribution >= 4 is 11.9 Å². The predicted molar refractivity (Wildman–Crippen MR) is 133 cm³/mol. The number of rotatable bonds is 8. The standard InChI is InChI=1S/C29H37NO4/c1-21(23-13-15-24(16-14-23)27(31)33-2)30-28(32)29(17-6-7-18-29)25-11-8-12-26(19-25)34-20-22-9-4-3-5-10-22/h8,11-16,19,21-22H,3-7,9-10,17-18,20H2,1-2H3,(H,30,32)/t21-/m0/s1. The summed E-state index contributed by atoms with van der Waals surface area (Å²) in [7, 11) is 1.37. The Morgan fingerprint density at radius 1 is 1.00 bits per heavy atom. The number of carbonyl (C=O) groups is 2. The zero-order chi connectivity index (χ0) is 24.0. The summed E-state index contributed by atoms with van der Waals surface area (Å²) in [6, 6.07) is 15.3. The molecule has 34 heavy (non-hydrogen) atoms. The minimum atomic E-state index is -0.523. The number of benzene rings is 2. The highest BCUT2D eigenvalue weighted by Gasteiger charge is 2.43. The third-order valence-electron chi connectivity index (χ3n) is 7.67. The maximum Gasteiger partial charge on any atom is 0.337 e. The first kappa shape index (κ1) is 24.3. The van der Waals surface area contributed by atoms with Gasteiger partial charge in [0.25, 0.3) is 0 Å². The molecule has 0 unspecified atom stereocenters. The monoisotopic (exact) mass is 463 g/mol. The third-order valence-corrected chi connectivity index (χ3v) is 7.67. The van der Waals surface area contributed by atoms with Gasteiger partial charge in [0.05, 0.1) is 30.7 Å². The Labute approximate surface area is 203 Å². The molecule has 5 nitrogen and oxygen atoms in total. The van der Waals surface area contributed by atoms with E-state index >= 15 is 0 Å². The molecule has 0 radical (unpaired) electrons. The van der Waals surface area contributed by atoms with Crippen molar-refractivity contribution in [3.8, 4) is 5.75 Å². The average molecular weight is 464 g/mol. The molecule has 0 spiro atoms. The molecule has 1 atom stereocenters. The van der Waals surface area contributed by atoms with Gasteiger partial charge in [0.2, 0.25) is 5.91 Å². The van der Waals surface area contributed by atoms with Crippen LogP contribution in [0.4, 0.5) is 0 Å². The minimum absolute atomic E-state index is 0.0685. The Morgan fingerprint density at radius 2 is 1.71 bits per heavy atom. The van der Waals surface area contributed by atoms with Gasteiger partial charge in [0.1, 0.15) is 5.75 Å². The van der Waals surface area contributed by atoms with E-state index in [1.807, 2.05) is 31.2 Å². The van der Waals surface area contributed by atoms with Crippen LogP contribution in [-0.4, -0.2) is 25.6 Å². The zero-order valence-corrected chi connectivity index (χ0v) is 20.5. The fourth-order valence-corrected chi connectivity index (χ4v) is 5.52. The number of ether oxygens (including phenoxy) is 2. The van der Waals surface area contributed by atoms with Crippen LogP contribution >= 0.6 is 0 Å². The number of hydrogen-bond acceptors (Lipinski definition) is 4. The average Bonchev–Trinajstić information content (AvgIpc) is 3.39. The summed E-state index contributed by atoms with van der Waals surface area (Å²) in [4.78, 5) is 25.4. The first-order valence-corrected chi connectivity index (χ1v) is 12.7. The van der Waals surface area contributed by atoms with Gasteiger partial charge in [0, 0.05) is 0 Å². The Kier molecular flexibility index (Phi) is 7.91. The first-order chi connectivity index (χ1) is 16.5. The molecule has 0 saturated heterocycles. The van der Waals surface area contributed by atoms with Crippen LogP contribution in [0, 0.1) is 5.92 Å². The molecule has 0 heterocycles. The molecule has 182 valence electrons. The summed E-state index contributed by atoms with van der Waals surface area (Å²) in [5, 5.41) is 3.25. The molecule has 0 aromatic heterocycles. The summed E-state index contributed by atoms with van der Waals surface area (Å²) >= 11 is 0. The lowest BCUT2D eigenvalue weighted by Crippen LogP contribution is -2.43. The quantitative estimate of drug-likeness (QED) is 0.479. The van der Waals surface area contributed by atoms with Gasteiger partial charge in [-0.1, -0.05) is 56.4 Å². The van der Waals surface area contributed by atoms with Crippen LogP contribution < -0.4 is 10.1 Å². The molecule has 5 heteroatoms. The van der Waals surface area contributed by atoms with Gasteiger partial charge in [-0.25, -0.2) is 4.79 Å². The van der Waals surface area contributed by atoms with E-state index in [0.29, 0.717) is 11.5 Å². The topological polar surface area (TPSA) is 64.6 Å². The van der Waals surface area contributed by atoms with Gasteiger partial charge < -0.3 is 14.8 Å². The van der Waals surface area contributed by atoms with Gasteiger partial charge >= 0.3 is 5.97 Å². The highest BCUT2D eigenvalue weighted by atomic mass is 16.5. The molecule has 2 aromatic carbocycles. The largest absolute Gasteiger partial charge is 0.493 e. The molecule has 0 aliphatic heterocycles. The second-order valence-electron chi connectivity index (χ2n) is 9.94. The van der Waals surface area contributed by atoms with E-state index in [-0.39, 0.29) is 17.9 Å². The van der Waals surface area contributed by atoms with Crippen LogP contribution in [0.2, 0.25) is 0 Å². The molecule has 1 amide bonds. The van der Waals surface area contributed by atoms with E-state index in [1.54, 1.807) is 12.1 Å². The van der Waals surface area contributed by atoms with Crippen LogP contribution in [0.5, 0.6) is 5.75 Å². The number of nitrogens with one attached hydrogen (secondary N) is 1. The number of carbonyl (C=O) groups excluding carboxylic acids is 2. The lowest BCUT2D eigenvalue weighted by molar-refractivity contribution is -0.127. The Hall–Kier alpha value is -2.82. The zero-order valence-electron chi connectivity index (χ0n) is 20.5. The fourth-order valence-electron chi connectivity index (χ4n) is 5.52. The van der Waals surface area contributed by atoms with Crippen molar-refractivity contribution in [2.75, 3.05) is 13.7 Å². The maximum atomic E-state index is 13.7. The lowest BCUT2D eigenvalue weighted by Gasteiger charge is -2.30. The van der Waals surface area contributed by atoms with Crippen LogP contribution in [0.25, 0.3) is 0 Å². The molecular weight excluding hydrogens is 426 g/mol. The summed E-state index contributed by atoms with van der Waals surface area (Å²) in [5.74, 6) is 1.22. The Morgan fingerprint density at radius 3 is 2.38 bits per heavy atom. The number of hydrogen-bond donors (Lipinski definition) is 1. The number of methoxy groups -OCH3 is 1. The molecule has 0 bridgehead atoms. The lowest BCUT2D eigenvalue weighted by atomic mass is 9.77. The normalized spacial score (nSPS) is 18.8. The van der Waals surface area contributed by atoms with Crippen molar-refractivity contribution < 1.29 is 19.1 Å². The van der Waals surface area contributed by atoms with Crippen molar-refractivity contribution in [3.05, 3.63) is 65.2 Å². The second-order valence-corrected chi connectivity index (χ2v) is 9.94. The van der Waals surface area contributed by atoms with Gasteiger partial charge in [0.15, 0.2) is 0 Å². The van der Waals surface area contributed by atoms with Crippen LogP contribution in [0.15, 0.2) is 48.5 Å². The summed E-state index contributed by atoms with van der Waals surface area (Å²) in [5.41, 5.74) is 1.99. The minimum Gasteiger partial charge on any atom is -0.493 e. The maximum absolute atomic E-state index is 13.7. The van der Waals surface area contributed by atoms with Crippen LogP contribution in [0.3, 0.4) is 0 Å². The highest BCUT2D eigenvalue weighted by Crippen LogP contribution is 2.43. The first-order valence-electron chi connectivity index (χ1n) is 12.7. The molecule has 2 fully saturated rings. The van der Waals surface area contributed by atoms with E-state index in [2.05, 4.69) is 17.4 Å². The van der Waals surface area contributed by atoms with E-state index in [0.717, 1.165) is 49.2 Å². The van der Waals surface area contributed by atoms with E-state index in [1.165, 1.54) is 39.2 Å². The third kappa shape index (κ3) is 5.45. The molecule has 2 aromatic rings. The fraction of sp³-hybridized carbons (Fsp3) is 0.517. The molecule has 2 aliphatic rings. The summed E-state index contributed by atoms with van der Waals surface area (Å²) in [6.45, 7) is 2.75. The predicted octanol–water partition coefficient (Wildman–Crippen LogP) is 6.12. The van der Waals surface area contributed by atoms with Crippen molar-refractivity contribution in [1.29, 1.82) is 0 Å². The summed E-state index contributed by atoms with van der Waals surface area (Å²) in [6.07, 6.45) is 10.2. The van der Waals surface area contributed by atoms with Crippen LogP contribution in [0.1, 0.15) is 92.2 Å². The van der Waals surface area contributed by atoms with Crippen molar-refractivity contribution in [3.63, 3.8) is 0 Å². The molecule has 1 N–H and O–H groups in total. The van der Waals surface area contributed by atoms with Gasteiger partial charge in [-0.2, -0.15) is 0 Å². The van der Waals surface area contributed by atoms with E-state index in [4.69, 9.17) is 9.47 Å². The highest BCUT2D eigenvalue weighted by molar-refractivity contribution is 5.90. The van der Waals surface area contributed by atoms with Gasteiger partial charge in [-0.15, -0.1) is 0 Å². The molecule has 2 aliphatic carbocycles. The SMILES string of the molecule is COC(=O)c1ccc([C@H](C)NC(=O)C2(c3cccc(OCC4CCCCC4)c3)CCCC2)cc1. The molecular formula is C29H37NO4. The number of amides is 1. The number of esters is 1. The summed E-state index contributed by atoms with van der Waals surface area (Å²) < 4.78 is 11.0. The molecule has 2 saturated carbocycles. The van der Waals surface area contributed by atoms with E-state index < -0.39 is 5.41 Å². The van der Waals surface area contributed by atoms with Crippen molar-refractivity contribution in [1.82, 2.24) is 5.32 Å². The van der Waals surface area contributed by atoms with Crippen LogP contribution in [-0.2, 0) is 14.9 Å². The van der Waals surface area contributed by atoms with Gasteiger partial charge in [-0.05, 0) is 73.9 Å². The van der Waals surface area contributed by atoms with Crippen molar-refractivity contribution in [2.45, 2.75) is 76.2 Å². The second kappa shape index (κ2) is 11.1. The Balaban J connectivity index is 1.46. The Bertz CT molecular complexity index is 972.